The third-order valence-electron chi connectivity index (χ3n) is 3.23. The summed E-state index contributed by atoms with van der Waals surface area (Å²) in [5.41, 5.74) is 1.19. The minimum atomic E-state index is -4.95. The van der Waals surface area contributed by atoms with E-state index in [0.717, 1.165) is 31.2 Å². The second-order valence-electron chi connectivity index (χ2n) is 5.03. The molecule has 1 rings (SSSR count). The lowest BCUT2D eigenvalue weighted by Gasteiger charge is -2.06. The zero-order chi connectivity index (χ0) is 15.9. The first kappa shape index (κ1) is 17.4. The van der Waals surface area contributed by atoms with E-state index in [1.807, 2.05) is 0 Å². The molecule has 1 aromatic rings. The monoisotopic (exact) mass is 300 g/mol. The number of carbonyl (C=O) groups excluding carboxylic acids is 2. The van der Waals surface area contributed by atoms with Crippen molar-refractivity contribution in [2.45, 2.75) is 51.6 Å². The second-order valence-corrected chi connectivity index (χ2v) is 5.03. The number of aryl methyl sites for hydroxylation is 1. The molecule has 1 aromatic carbocycles. The van der Waals surface area contributed by atoms with Crippen molar-refractivity contribution in [3.8, 4) is 0 Å². The van der Waals surface area contributed by atoms with Gasteiger partial charge in [0.05, 0.1) is 6.42 Å². The van der Waals surface area contributed by atoms with Crippen molar-refractivity contribution in [3.63, 3.8) is 0 Å². The summed E-state index contributed by atoms with van der Waals surface area (Å²) in [5.74, 6) is -2.80. The number of hydrogen-bond acceptors (Lipinski definition) is 2. The average Bonchev–Trinajstić information content (AvgIpc) is 2.43. The first-order valence-electron chi connectivity index (χ1n) is 7.06. The van der Waals surface area contributed by atoms with E-state index < -0.39 is 24.2 Å². The summed E-state index contributed by atoms with van der Waals surface area (Å²) in [6.45, 7) is 2.13. The van der Waals surface area contributed by atoms with Gasteiger partial charge >= 0.3 is 6.18 Å². The maximum Gasteiger partial charge on any atom is 0.450 e. The highest BCUT2D eigenvalue weighted by atomic mass is 19.4. The number of carbonyl (C=O) groups is 2. The van der Waals surface area contributed by atoms with E-state index in [0.29, 0.717) is 0 Å². The number of rotatable bonds is 8. The van der Waals surface area contributed by atoms with Crippen LogP contribution in [0.15, 0.2) is 24.3 Å². The lowest BCUT2D eigenvalue weighted by atomic mass is 10.0. The highest BCUT2D eigenvalue weighted by Crippen LogP contribution is 2.19. The minimum Gasteiger partial charge on any atom is -0.294 e. The van der Waals surface area contributed by atoms with Crippen LogP contribution in [0.3, 0.4) is 0 Å². The standard InChI is InChI=1S/C16H19F3O2/c1-2-3-4-5-6-12-7-9-13(10-8-12)14(20)11-15(21)16(17,18)19/h7-10H,2-6,11H2,1H3. The molecule has 0 unspecified atom stereocenters. The first-order valence-corrected chi connectivity index (χ1v) is 7.06. The van der Waals surface area contributed by atoms with Crippen molar-refractivity contribution in [2.24, 2.45) is 0 Å². The molecule has 2 nitrogen and oxygen atoms in total. The van der Waals surface area contributed by atoms with E-state index in [-0.39, 0.29) is 5.56 Å². The molecule has 0 aliphatic rings. The van der Waals surface area contributed by atoms with Gasteiger partial charge in [-0.2, -0.15) is 13.2 Å². The van der Waals surface area contributed by atoms with Crippen LogP contribution in [0.25, 0.3) is 0 Å². The van der Waals surface area contributed by atoms with Crippen LogP contribution < -0.4 is 0 Å². The summed E-state index contributed by atoms with van der Waals surface area (Å²) < 4.78 is 36.3. The van der Waals surface area contributed by atoms with Crippen LogP contribution in [0.1, 0.15) is 54.9 Å². The molecule has 0 amide bonds. The van der Waals surface area contributed by atoms with Gasteiger partial charge in [0.2, 0.25) is 5.78 Å². The predicted octanol–water partition coefficient (Wildman–Crippen LogP) is 4.51. The number of ketones is 2. The number of hydrogen-bond donors (Lipinski definition) is 0. The largest absolute Gasteiger partial charge is 0.450 e. The molecule has 0 aromatic heterocycles. The Morgan fingerprint density at radius 2 is 1.62 bits per heavy atom. The molecule has 0 saturated heterocycles. The molecule has 0 radical (unpaired) electrons. The van der Waals surface area contributed by atoms with E-state index in [1.54, 1.807) is 12.1 Å². The zero-order valence-corrected chi connectivity index (χ0v) is 12.0. The maximum atomic E-state index is 12.1. The molecule has 21 heavy (non-hydrogen) atoms. The van der Waals surface area contributed by atoms with Gasteiger partial charge in [0.1, 0.15) is 0 Å². The molecule has 0 saturated carbocycles. The van der Waals surface area contributed by atoms with Gasteiger partial charge in [-0.05, 0) is 18.4 Å². The van der Waals surface area contributed by atoms with Crippen LogP contribution in [-0.4, -0.2) is 17.7 Å². The second kappa shape index (κ2) is 7.96. The molecule has 0 heterocycles. The van der Waals surface area contributed by atoms with Crippen molar-refractivity contribution in [1.82, 2.24) is 0 Å². The molecule has 0 aliphatic heterocycles. The highest BCUT2D eigenvalue weighted by Gasteiger charge is 2.39. The smallest absolute Gasteiger partial charge is 0.294 e. The van der Waals surface area contributed by atoms with Crippen LogP contribution in [0.2, 0.25) is 0 Å². The average molecular weight is 300 g/mol. The number of Topliss-reactive ketones (excluding diaryl/α,β-unsaturated/α-hetero) is 2. The van der Waals surface area contributed by atoms with Crippen LogP contribution in [0.5, 0.6) is 0 Å². The molecule has 5 heteroatoms. The fourth-order valence-corrected chi connectivity index (χ4v) is 1.96. The lowest BCUT2D eigenvalue weighted by Crippen LogP contribution is -2.25. The van der Waals surface area contributed by atoms with Crippen molar-refractivity contribution in [3.05, 3.63) is 35.4 Å². The van der Waals surface area contributed by atoms with E-state index in [4.69, 9.17) is 0 Å². The van der Waals surface area contributed by atoms with E-state index in [2.05, 4.69) is 6.92 Å². The fraction of sp³-hybridized carbons (Fsp3) is 0.500. The summed E-state index contributed by atoms with van der Waals surface area (Å²) in [6.07, 6.45) is -0.675. The number of unbranched alkanes of at least 4 members (excludes halogenated alkanes) is 3. The molecule has 0 atom stereocenters. The summed E-state index contributed by atoms with van der Waals surface area (Å²) in [7, 11) is 0. The summed E-state index contributed by atoms with van der Waals surface area (Å²) in [5, 5.41) is 0. The number of halogens is 3. The Hall–Kier alpha value is -1.65. The summed E-state index contributed by atoms with van der Waals surface area (Å²) >= 11 is 0. The summed E-state index contributed by atoms with van der Waals surface area (Å²) in [4.78, 5) is 22.4. The van der Waals surface area contributed by atoms with Crippen LogP contribution in [-0.2, 0) is 11.2 Å². The van der Waals surface area contributed by atoms with Crippen LogP contribution in [0, 0.1) is 0 Å². The van der Waals surface area contributed by atoms with E-state index >= 15 is 0 Å². The maximum absolute atomic E-state index is 12.1. The third-order valence-corrected chi connectivity index (χ3v) is 3.23. The Balaban J connectivity index is 2.53. The molecular formula is C16H19F3O2. The molecule has 0 aliphatic carbocycles. The number of benzene rings is 1. The Bertz CT molecular complexity index is 475. The Morgan fingerprint density at radius 3 is 2.14 bits per heavy atom. The minimum absolute atomic E-state index is 0.143. The van der Waals surface area contributed by atoms with Crippen molar-refractivity contribution < 1.29 is 22.8 Å². The molecule has 0 spiro atoms. The third kappa shape index (κ3) is 6.10. The van der Waals surface area contributed by atoms with Crippen LogP contribution in [0.4, 0.5) is 13.2 Å². The van der Waals surface area contributed by atoms with Crippen molar-refractivity contribution in [2.75, 3.05) is 0 Å². The van der Waals surface area contributed by atoms with E-state index in [9.17, 15) is 22.8 Å². The Morgan fingerprint density at radius 1 is 1.00 bits per heavy atom. The van der Waals surface area contributed by atoms with Gasteiger partial charge in [-0.3, -0.25) is 9.59 Å². The molecule has 0 N–H and O–H groups in total. The van der Waals surface area contributed by atoms with Gasteiger partial charge in [-0.15, -0.1) is 0 Å². The normalized spacial score (nSPS) is 11.4. The molecular weight excluding hydrogens is 281 g/mol. The van der Waals surface area contributed by atoms with Gasteiger partial charge in [0.15, 0.2) is 5.78 Å². The Labute approximate surface area is 122 Å². The Kier molecular flexibility index (Phi) is 6.59. The predicted molar refractivity (Wildman–Crippen MR) is 74.3 cm³/mol. The zero-order valence-electron chi connectivity index (χ0n) is 12.0. The molecule has 0 bridgehead atoms. The number of alkyl halides is 3. The van der Waals surface area contributed by atoms with Gasteiger partial charge in [-0.1, -0.05) is 50.5 Å². The molecule has 0 fully saturated rings. The van der Waals surface area contributed by atoms with Gasteiger partial charge in [0, 0.05) is 5.56 Å². The SMILES string of the molecule is CCCCCCc1ccc(C(=O)CC(=O)C(F)(F)F)cc1. The summed E-state index contributed by atoms with van der Waals surface area (Å²) in [6, 6.07) is 6.44. The lowest BCUT2D eigenvalue weighted by molar-refractivity contribution is -0.170. The van der Waals surface area contributed by atoms with Crippen molar-refractivity contribution >= 4 is 11.6 Å². The van der Waals surface area contributed by atoms with Crippen molar-refractivity contribution in [1.29, 1.82) is 0 Å². The fourth-order valence-electron chi connectivity index (χ4n) is 1.96. The van der Waals surface area contributed by atoms with Gasteiger partial charge in [0.25, 0.3) is 0 Å². The highest BCUT2D eigenvalue weighted by molar-refractivity contribution is 6.09. The van der Waals surface area contributed by atoms with E-state index in [1.165, 1.54) is 18.6 Å². The van der Waals surface area contributed by atoms with Crippen LogP contribution >= 0.6 is 0 Å². The molecule has 116 valence electrons. The van der Waals surface area contributed by atoms with Gasteiger partial charge < -0.3 is 0 Å². The topological polar surface area (TPSA) is 34.1 Å². The van der Waals surface area contributed by atoms with Gasteiger partial charge in [-0.25, -0.2) is 0 Å². The quantitative estimate of drug-likeness (QED) is 0.402. The first-order chi connectivity index (χ1) is 9.84.